The van der Waals surface area contributed by atoms with E-state index in [0.29, 0.717) is 23.6 Å². The summed E-state index contributed by atoms with van der Waals surface area (Å²) >= 11 is 5.80. The van der Waals surface area contributed by atoms with Gasteiger partial charge in [0.2, 0.25) is 5.91 Å². The standard InChI is InChI=1S/C17H27ClN2O3Si/c1-17(2,3)24(4,5)23-11-10-14(15(19)21)20-16(22)12-6-8-13(18)9-7-12/h6-9,14H,10-11H2,1-5H3,(H2,19,21)(H,20,22)/t14-/m1/s1. The number of rotatable bonds is 7. The fraction of sp³-hybridized carbons (Fsp3) is 0.529. The molecule has 0 saturated carbocycles. The van der Waals surface area contributed by atoms with Crippen LogP contribution in [0.2, 0.25) is 23.2 Å². The summed E-state index contributed by atoms with van der Waals surface area (Å²) in [5, 5.41) is 3.28. The van der Waals surface area contributed by atoms with Crippen LogP contribution in [0.4, 0.5) is 0 Å². The van der Waals surface area contributed by atoms with Gasteiger partial charge in [0.1, 0.15) is 6.04 Å². The Morgan fingerprint density at radius 1 is 1.25 bits per heavy atom. The van der Waals surface area contributed by atoms with Crippen molar-refractivity contribution in [3.8, 4) is 0 Å². The lowest BCUT2D eigenvalue weighted by molar-refractivity contribution is -0.120. The van der Waals surface area contributed by atoms with Crippen molar-refractivity contribution in [3.05, 3.63) is 34.9 Å². The first-order chi connectivity index (χ1) is 10.9. The summed E-state index contributed by atoms with van der Waals surface area (Å²) in [5.41, 5.74) is 5.83. The van der Waals surface area contributed by atoms with E-state index in [0.717, 1.165) is 0 Å². The van der Waals surface area contributed by atoms with Crippen molar-refractivity contribution in [2.75, 3.05) is 6.61 Å². The van der Waals surface area contributed by atoms with Crippen LogP contribution in [0.15, 0.2) is 24.3 Å². The normalized spacial score (nSPS) is 13.4. The van der Waals surface area contributed by atoms with Crippen LogP contribution in [0.5, 0.6) is 0 Å². The fourth-order valence-electron chi connectivity index (χ4n) is 1.78. The van der Waals surface area contributed by atoms with Gasteiger partial charge in [-0.15, -0.1) is 0 Å². The lowest BCUT2D eigenvalue weighted by Crippen LogP contribution is -2.46. The molecule has 3 N–H and O–H groups in total. The minimum Gasteiger partial charge on any atom is -0.417 e. The Labute approximate surface area is 150 Å². The highest BCUT2D eigenvalue weighted by Crippen LogP contribution is 2.36. The van der Waals surface area contributed by atoms with E-state index in [1.807, 2.05) is 0 Å². The molecule has 2 amide bonds. The summed E-state index contributed by atoms with van der Waals surface area (Å²) in [7, 11) is -1.90. The van der Waals surface area contributed by atoms with Crippen LogP contribution in [-0.2, 0) is 9.22 Å². The molecule has 1 atom stereocenters. The number of nitrogens with one attached hydrogen (secondary N) is 1. The van der Waals surface area contributed by atoms with Crippen LogP contribution >= 0.6 is 11.6 Å². The maximum absolute atomic E-state index is 12.2. The number of hydrogen-bond acceptors (Lipinski definition) is 3. The highest BCUT2D eigenvalue weighted by Gasteiger charge is 2.37. The molecule has 0 saturated heterocycles. The second-order valence-electron chi connectivity index (χ2n) is 7.33. The van der Waals surface area contributed by atoms with Crippen LogP contribution in [0, 0.1) is 0 Å². The summed E-state index contributed by atoms with van der Waals surface area (Å²) in [6.07, 6.45) is 0.348. The van der Waals surface area contributed by atoms with E-state index in [1.165, 1.54) is 0 Å². The van der Waals surface area contributed by atoms with Gasteiger partial charge in [0.15, 0.2) is 8.32 Å². The molecule has 5 nitrogen and oxygen atoms in total. The molecule has 0 aliphatic carbocycles. The van der Waals surface area contributed by atoms with Crippen LogP contribution < -0.4 is 11.1 Å². The van der Waals surface area contributed by atoms with Gasteiger partial charge < -0.3 is 15.5 Å². The molecule has 0 spiro atoms. The highest BCUT2D eigenvalue weighted by molar-refractivity contribution is 6.74. The first-order valence-electron chi connectivity index (χ1n) is 7.94. The predicted octanol–water partition coefficient (Wildman–Crippen LogP) is 3.34. The van der Waals surface area contributed by atoms with E-state index in [1.54, 1.807) is 24.3 Å². The molecule has 0 fully saturated rings. The second kappa shape index (κ2) is 8.14. The molecule has 134 valence electrons. The van der Waals surface area contributed by atoms with E-state index in [-0.39, 0.29) is 10.9 Å². The molecule has 0 aliphatic rings. The monoisotopic (exact) mass is 370 g/mol. The number of nitrogens with two attached hydrogens (primary N) is 1. The Morgan fingerprint density at radius 2 is 1.79 bits per heavy atom. The lowest BCUT2D eigenvalue weighted by atomic mass is 10.1. The Balaban J connectivity index is 2.63. The van der Waals surface area contributed by atoms with Crippen molar-refractivity contribution in [1.82, 2.24) is 5.32 Å². The lowest BCUT2D eigenvalue weighted by Gasteiger charge is -2.36. The molecule has 1 aromatic rings. The van der Waals surface area contributed by atoms with Crippen molar-refractivity contribution in [2.24, 2.45) is 5.73 Å². The van der Waals surface area contributed by atoms with Gasteiger partial charge in [-0.3, -0.25) is 9.59 Å². The zero-order valence-electron chi connectivity index (χ0n) is 15.0. The second-order valence-corrected chi connectivity index (χ2v) is 12.6. The van der Waals surface area contributed by atoms with Crippen LogP contribution in [0.3, 0.4) is 0 Å². The first-order valence-corrected chi connectivity index (χ1v) is 11.2. The summed E-state index contributed by atoms with van der Waals surface area (Å²) in [5.74, 6) is -0.932. The highest BCUT2D eigenvalue weighted by atomic mass is 35.5. The topological polar surface area (TPSA) is 81.4 Å². The molecule has 7 heteroatoms. The molecular weight excluding hydrogens is 344 g/mol. The molecule has 0 radical (unpaired) electrons. The minimum absolute atomic E-state index is 0.0851. The molecular formula is C17H27ClN2O3Si. The molecule has 1 aromatic carbocycles. The Morgan fingerprint density at radius 3 is 2.25 bits per heavy atom. The fourth-order valence-corrected chi connectivity index (χ4v) is 2.96. The summed E-state index contributed by atoms with van der Waals surface area (Å²) < 4.78 is 6.04. The van der Waals surface area contributed by atoms with Gasteiger partial charge >= 0.3 is 0 Å². The molecule has 0 heterocycles. The number of amides is 2. The van der Waals surface area contributed by atoms with Gasteiger partial charge in [0.25, 0.3) is 5.91 Å². The third kappa shape index (κ3) is 5.92. The Bertz CT molecular complexity index is 582. The van der Waals surface area contributed by atoms with Gasteiger partial charge in [-0.05, 0) is 48.8 Å². The largest absolute Gasteiger partial charge is 0.417 e. The van der Waals surface area contributed by atoms with E-state index >= 15 is 0 Å². The smallest absolute Gasteiger partial charge is 0.251 e. The van der Waals surface area contributed by atoms with Crippen molar-refractivity contribution < 1.29 is 14.0 Å². The predicted molar refractivity (Wildman–Crippen MR) is 99.7 cm³/mol. The van der Waals surface area contributed by atoms with Crippen molar-refractivity contribution in [3.63, 3.8) is 0 Å². The zero-order chi connectivity index (χ0) is 18.5. The van der Waals surface area contributed by atoms with Crippen LogP contribution in [0.1, 0.15) is 37.6 Å². The van der Waals surface area contributed by atoms with Crippen LogP contribution in [0.25, 0.3) is 0 Å². The average Bonchev–Trinajstić information content (AvgIpc) is 2.45. The van der Waals surface area contributed by atoms with Crippen molar-refractivity contribution in [2.45, 2.75) is 51.4 Å². The van der Waals surface area contributed by atoms with Gasteiger partial charge in [0, 0.05) is 17.2 Å². The molecule has 0 bridgehead atoms. The quantitative estimate of drug-likeness (QED) is 0.722. The first kappa shape index (κ1) is 20.7. The molecule has 1 rings (SSSR count). The number of hydrogen-bond donors (Lipinski definition) is 2. The summed E-state index contributed by atoms with van der Waals surface area (Å²) in [6, 6.07) is 5.67. The molecule has 0 aliphatic heterocycles. The molecule has 0 aromatic heterocycles. The minimum atomic E-state index is -1.90. The number of primary amides is 1. The maximum atomic E-state index is 12.2. The average molecular weight is 371 g/mol. The van der Waals surface area contributed by atoms with Crippen molar-refractivity contribution >= 4 is 31.7 Å². The van der Waals surface area contributed by atoms with Crippen molar-refractivity contribution in [1.29, 1.82) is 0 Å². The molecule has 24 heavy (non-hydrogen) atoms. The molecule has 0 unspecified atom stereocenters. The third-order valence-corrected chi connectivity index (χ3v) is 9.22. The van der Waals surface area contributed by atoms with Gasteiger partial charge in [-0.25, -0.2) is 0 Å². The Kier molecular flexibility index (Phi) is 7.01. The number of halogens is 1. The van der Waals surface area contributed by atoms with E-state index in [2.05, 4.69) is 39.2 Å². The number of carbonyl (C=O) groups is 2. The van der Waals surface area contributed by atoms with Gasteiger partial charge in [0.05, 0.1) is 0 Å². The summed E-state index contributed by atoms with van der Waals surface area (Å²) in [4.78, 5) is 23.8. The third-order valence-electron chi connectivity index (χ3n) is 4.43. The SMILES string of the molecule is CC(C)(C)[Si](C)(C)OCC[C@@H](NC(=O)c1ccc(Cl)cc1)C(N)=O. The van der Waals surface area contributed by atoms with E-state index in [9.17, 15) is 9.59 Å². The Hall–Kier alpha value is -1.37. The maximum Gasteiger partial charge on any atom is 0.251 e. The van der Waals surface area contributed by atoms with E-state index < -0.39 is 20.3 Å². The summed E-state index contributed by atoms with van der Waals surface area (Å²) in [6.45, 7) is 11.1. The van der Waals surface area contributed by atoms with Gasteiger partial charge in [-0.2, -0.15) is 0 Å². The van der Waals surface area contributed by atoms with Gasteiger partial charge in [-0.1, -0.05) is 32.4 Å². The zero-order valence-corrected chi connectivity index (χ0v) is 16.7. The number of carbonyl (C=O) groups excluding carboxylic acids is 2. The van der Waals surface area contributed by atoms with E-state index in [4.69, 9.17) is 21.8 Å². The van der Waals surface area contributed by atoms with Crippen LogP contribution in [-0.4, -0.2) is 32.8 Å². The number of benzene rings is 1.